The van der Waals surface area contributed by atoms with Gasteiger partial charge in [0.1, 0.15) is 11.5 Å². The van der Waals surface area contributed by atoms with Gasteiger partial charge in [-0.2, -0.15) is 0 Å². The van der Waals surface area contributed by atoms with Crippen molar-refractivity contribution in [1.82, 2.24) is 0 Å². The van der Waals surface area contributed by atoms with E-state index in [4.69, 9.17) is 4.74 Å². The molecule has 0 aromatic heterocycles. The van der Waals surface area contributed by atoms with Gasteiger partial charge >= 0.3 is 0 Å². The normalized spacial score (nSPS) is 10.1. The van der Waals surface area contributed by atoms with Crippen molar-refractivity contribution in [1.29, 1.82) is 0 Å². The second-order valence-corrected chi connectivity index (χ2v) is 4.69. The number of ketones is 1. The van der Waals surface area contributed by atoms with E-state index in [0.29, 0.717) is 17.7 Å². The Labute approximate surface area is 115 Å². The Kier molecular flexibility index (Phi) is 4.15. The molecule has 2 rings (SSSR count). The molecule has 2 aromatic rings. The van der Waals surface area contributed by atoms with Crippen LogP contribution in [0.5, 0.6) is 11.5 Å². The average Bonchev–Trinajstić information content (AvgIpc) is 2.41. The van der Waals surface area contributed by atoms with Crippen LogP contribution in [-0.4, -0.2) is 5.78 Å². The molecule has 3 heteroatoms. The van der Waals surface area contributed by atoms with Crippen molar-refractivity contribution < 1.29 is 9.53 Å². The number of hydrogen-bond acceptors (Lipinski definition) is 2. The smallest absolute Gasteiger partial charge is 0.163 e. The minimum atomic E-state index is 0.0976. The number of hydrogen-bond donors (Lipinski definition) is 0. The quantitative estimate of drug-likeness (QED) is 0.756. The van der Waals surface area contributed by atoms with Crippen LogP contribution >= 0.6 is 15.9 Å². The van der Waals surface area contributed by atoms with E-state index in [2.05, 4.69) is 15.9 Å². The van der Waals surface area contributed by atoms with E-state index in [1.165, 1.54) is 0 Å². The lowest BCUT2D eigenvalue weighted by Crippen LogP contribution is -1.98. The maximum atomic E-state index is 11.8. The SMILES string of the molecule is CCC(=O)c1cc(Oc2ccccc2)ccc1Br. The molecule has 0 saturated heterocycles. The number of benzene rings is 2. The molecular formula is C15H13BrO2. The summed E-state index contributed by atoms with van der Waals surface area (Å²) in [6, 6.07) is 14.9. The van der Waals surface area contributed by atoms with E-state index in [1.54, 1.807) is 6.07 Å². The third-order valence-electron chi connectivity index (χ3n) is 2.54. The Balaban J connectivity index is 2.27. The summed E-state index contributed by atoms with van der Waals surface area (Å²) in [7, 11) is 0. The van der Waals surface area contributed by atoms with Gasteiger partial charge in [0, 0.05) is 16.5 Å². The summed E-state index contributed by atoms with van der Waals surface area (Å²) in [4.78, 5) is 11.8. The van der Waals surface area contributed by atoms with Crippen LogP contribution in [-0.2, 0) is 0 Å². The molecule has 0 unspecified atom stereocenters. The van der Waals surface area contributed by atoms with E-state index in [1.807, 2.05) is 49.4 Å². The highest BCUT2D eigenvalue weighted by atomic mass is 79.9. The van der Waals surface area contributed by atoms with E-state index < -0.39 is 0 Å². The van der Waals surface area contributed by atoms with E-state index >= 15 is 0 Å². The lowest BCUT2D eigenvalue weighted by Gasteiger charge is -2.08. The van der Waals surface area contributed by atoms with Gasteiger partial charge in [0.25, 0.3) is 0 Å². The van der Waals surface area contributed by atoms with Crippen molar-refractivity contribution in [3.05, 3.63) is 58.6 Å². The number of Topliss-reactive ketones (excluding diaryl/α,β-unsaturated/α-hetero) is 1. The largest absolute Gasteiger partial charge is 0.457 e. The third kappa shape index (κ3) is 2.99. The van der Waals surface area contributed by atoms with Crippen LogP contribution < -0.4 is 4.74 Å². The Morgan fingerprint density at radius 2 is 1.83 bits per heavy atom. The Hall–Kier alpha value is -1.61. The molecular weight excluding hydrogens is 292 g/mol. The van der Waals surface area contributed by atoms with Gasteiger partial charge in [0.05, 0.1) is 0 Å². The van der Waals surface area contributed by atoms with Crippen LogP contribution in [0.25, 0.3) is 0 Å². The van der Waals surface area contributed by atoms with E-state index in [0.717, 1.165) is 10.2 Å². The monoisotopic (exact) mass is 304 g/mol. The highest BCUT2D eigenvalue weighted by molar-refractivity contribution is 9.10. The maximum absolute atomic E-state index is 11.8. The molecule has 0 spiro atoms. The number of carbonyl (C=O) groups is 1. The lowest BCUT2D eigenvalue weighted by atomic mass is 10.1. The first kappa shape index (κ1) is 12.8. The van der Waals surface area contributed by atoms with Gasteiger partial charge < -0.3 is 4.74 Å². The highest BCUT2D eigenvalue weighted by Gasteiger charge is 2.09. The number of carbonyl (C=O) groups excluding carboxylic acids is 1. The Morgan fingerprint density at radius 3 is 2.50 bits per heavy atom. The molecule has 2 aromatic carbocycles. The summed E-state index contributed by atoms with van der Waals surface area (Å²) in [5.74, 6) is 1.52. The van der Waals surface area contributed by atoms with Crippen molar-refractivity contribution in [2.75, 3.05) is 0 Å². The zero-order valence-corrected chi connectivity index (χ0v) is 11.6. The van der Waals surface area contributed by atoms with Gasteiger partial charge in [-0.1, -0.05) is 41.1 Å². The molecule has 0 atom stereocenters. The van der Waals surface area contributed by atoms with Gasteiger partial charge in [0.15, 0.2) is 5.78 Å². The fourth-order valence-corrected chi connectivity index (χ4v) is 2.06. The van der Waals surface area contributed by atoms with Crippen LogP contribution in [0.1, 0.15) is 23.7 Å². The highest BCUT2D eigenvalue weighted by Crippen LogP contribution is 2.27. The second kappa shape index (κ2) is 5.83. The number of halogens is 1. The summed E-state index contributed by atoms with van der Waals surface area (Å²) in [6.07, 6.45) is 0.480. The summed E-state index contributed by atoms with van der Waals surface area (Å²) in [5.41, 5.74) is 0.658. The number of rotatable bonds is 4. The molecule has 0 saturated carbocycles. The standard InChI is InChI=1S/C15H13BrO2/c1-2-15(17)13-10-12(8-9-14(13)16)18-11-6-4-3-5-7-11/h3-10H,2H2,1H3. The Bertz CT molecular complexity index is 550. The summed E-state index contributed by atoms with van der Waals surface area (Å²) in [5, 5.41) is 0. The van der Waals surface area contributed by atoms with Gasteiger partial charge in [-0.05, 0) is 30.3 Å². The molecule has 0 fully saturated rings. The van der Waals surface area contributed by atoms with E-state index in [9.17, 15) is 4.79 Å². The second-order valence-electron chi connectivity index (χ2n) is 3.83. The molecule has 18 heavy (non-hydrogen) atoms. The first-order chi connectivity index (χ1) is 8.70. The van der Waals surface area contributed by atoms with Gasteiger partial charge in [-0.3, -0.25) is 4.79 Å². The zero-order valence-electron chi connectivity index (χ0n) is 10.0. The molecule has 0 aliphatic carbocycles. The Morgan fingerprint density at radius 1 is 1.11 bits per heavy atom. The minimum Gasteiger partial charge on any atom is -0.457 e. The van der Waals surface area contributed by atoms with Crippen LogP contribution in [0.4, 0.5) is 0 Å². The molecule has 0 radical (unpaired) electrons. The van der Waals surface area contributed by atoms with Crippen molar-refractivity contribution in [3.8, 4) is 11.5 Å². The maximum Gasteiger partial charge on any atom is 0.163 e. The first-order valence-electron chi connectivity index (χ1n) is 5.76. The van der Waals surface area contributed by atoms with Crippen molar-refractivity contribution in [3.63, 3.8) is 0 Å². The molecule has 2 nitrogen and oxygen atoms in total. The van der Waals surface area contributed by atoms with Crippen LogP contribution in [0, 0.1) is 0 Å². The van der Waals surface area contributed by atoms with Gasteiger partial charge in [0.2, 0.25) is 0 Å². The predicted molar refractivity (Wildman–Crippen MR) is 75.3 cm³/mol. The topological polar surface area (TPSA) is 26.3 Å². The molecule has 0 aliphatic heterocycles. The first-order valence-corrected chi connectivity index (χ1v) is 6.55. The molecule has 0 heterocycles. The van der Waals surface area contributed by atoms with Crippen LogP contribution in [0.15, 0.2) is 53.0 Å². The fraction of sp³-hybridized carbons (Fsp3) is 0.133. The molecule has 0 amide bonds. The molecule has 0 N–H and O–H groups in total. The fourth-order valence-electron chi connectivity index (χ4n) is 1.60. The van der Waals surface area contributed by atoms with Gasteiger partial charge in [-0.15, -0.1) is 0 Å². The summed E-state index contributed by atoms with van der Waals surface area (Å²) in [6.45, 7) is 1.85. The molecule has 92 valence electrons. The van der Waals surface area contributed by atoms with Crippen molar-refractivity contribution in [2.24, 2.45) is 0 Å². The van der Waals surface area contributed by atoms with Gasteiger partial charge in [-0.25, -0.2) is 0 Å². The average molecular weight is 305 g/mol. The minimum absolute atomic E-state index is 0.0976. The predicted octanol–water partition coefficient (Wildman–Crippen LogP) is 4.83. The molecule has 0 aliphatic rings. The summed E-state index contributed by atoms with van der Waals surface area (Å²) >= 11 is 3.38. The lowest BCUT2D eigenvalue weighted by molar-refractivity contribution is 0.0987. The van der Waals surface area contributed by atoms with Crippen LogP contribution in [0.2, 0.25) is 0 Å². The van der Waals surface area contributed by atoms with E-state index in [-0.39, 0.29) is 5.78 Å². The molecule has 0 bridgehead atoms. The zero-order chi connectivity index (χ0) is 13.0. The van der Waals surface area contributed by atoms with Crippen molar-refractivity contribution >= 4 is 21.7 Å². The third-order valence-corrected chi connectivity index (χ3v) is 3.23. The number of ether oxygens (including phenoxy) is 1. The number of para-hydroxylation sites is 1. The summed E-state index contributed by atoms with van der Waals surface area (Å²) < 4.78 is 6.50. The van der Waals surface area contributed by atoms with Crippen molar-refractivity contribution in [2.45, 2.75) is 13.3 Å². The van der Waals surface area contributed by atoms with Crippen LogP contribution in [0.3, 0.4) is 0 Å².